The third-order valence-corrected chi connectivity index (χ3v) is 9.32. The first kappa shape index (κ1) is 29.5. The number of carbonyl (C=O) groups is 2. The molecule has 0 unspecified atom stereocenters. The van der Waals surface area contributed by atoms with E-state index < -0.39 is 51.5 Å². The number of ether oxygens (including phenoxy) is 2. The summed E-state index contributed by atoms with van der Waals surface area (Å²) in [5.74, 6) is -2.15. The molecule has 1 aliphatic rings. The molecule has 0 saturated carbocycles. The van der Waals surface area contributed by atoms with Crippen molar-refractivity contribution in [1.82, 2.24) is 4.31 Å². The predicted molar refractivity (Wildman–Crippen MR) is 150 cm³/mol. The van der Waals surface area contributed by atoms with E-state index in [1.807, 2.05) is 13.0 Å². The van der Waals surface area contributed by atoms with Crippen molar-refractivity contribution in [3.63, 3.8) is 0 Å². The zero-order chi connectivity index (χ0) is 29.1. The minimum Gasteiger partial charge on any atom is -0.465 e. The van der Waals surface area contributed by atoms with Crippen LogP contribution in [-0.2, 0) is 24.3 Å². The fourth-order valence-corrected chi connectivity index (χ4v) is 6.98. The van der Waals surface area contributed by atoms with Gasteiger partial charge in [0.2, 0.25) is 10.0 Å². The Morgan fingerprint density at radius 2 is 1.55 bits per heavy atom. The Morgan fingerprint density at radius 3 is 2.12 bits per heavy atom. The highest BCUT2D eigenvalue weighted by Crippen LogP contribution is 2.48. The maximum absolute atomic E-state index is 14.2. The summed E-state index contributed by atoms with van der Waals surface area (Å²) >= 11 is 0. The zero-order valence-electron chi connectivity index (χ0n) is 23.1. The van der Waals surface area contributed by atoms with Crippen molar-refractivity contribution in [2.45, 2.75) is 57.2 Å². The molecule has 4 atom stereocenters. The third kappa shape index (κ3) is 5.82. The van der Waals surface area contributed by atoms with E-state index in [1.54, 1.807) is 73.7 Å². The van der Waals surface area contributed by atoms with Crippen molar-refractivity contribution < 1.29 is 32.6 Å². The van der Waals surface area contributed by atoms with Gasteiger partial charge >= 0.3 is 11.9 Å². The SMILES string of the molecule is CCOC(=O)[C@H]1[C@H]([C@H](O)C(C)(C)C(=O)Oc2ccccc2)C[C@@H](c2ccccc2)N1S(=O)(=O)c1ccc(C)cc1. The van der Waals surface area contributed by atoms with Crippen molar-refractivity contribution >= 4 is 22.0 Å². The second-order valence-electron chi connectivity index (χ2n) is 10.5. The van der Waals surface area contributed by atoms with Crippen LogP contribution in [0.15, 0.2) is 89.8 Å². The third-order valence-electron chi connectivity index (χ3n) is 7.42. The summed E-state index contributed by atoms with van der Waals surface area (Å²) in [4.78, 5) is 26.8. The second-order valence-corrected chi connectivity index (χ2v) is 12.4. The predicted octanol–water partition coefficient (Wildman–Crippen LogP) is 4.67. The van der Waals surface area contributed by atoms with Gasteiger partial charge in [-0.1, -0.05) is 66.2 Å². The largest absolute Gasteiger partial charge is 0.465 e. The van der Waals surface area contributed by atoms with Crippen LogP contribution in [0.2, 0.25) is 0 Å². The molecule has 3 aromatic carbocycles. The lowest BCUT2D eigenvalue weighted by molar-refractivity contribution is -0.158. The Morgan fingerprint density at radius 1 is 0.975 bits per heavy atom. The molecule has 0 radical (unpaired) electrons. The van der Waals surface area contributed by atoms with Gasteiger partial charge in [0.25, 0.3) is 0 Å². The van der Waals surface area contributed by atoms with Gasteiger partial charge in [0.15, 0.2) is 0 Å². The zero-order valence-corrected chi connectivity index (χ0v) is 23.9. The first-order valence-corrected chi connectivity index (χ1v) is 14.7. The molecule has 1 N–H and O–H groups in total. The van der Waals surface area contributed by atoms with E-state index in [-0.39, 0.29) is 17.9 Å². The number of rotatable bonds is 9. The molecular weight excluding hydrogens is 530 g/mol. The summed E-state index contributed by atoms with van der Waals surface area (Å²) < 4.78 is 40.4. The molecular formula is C31H35NO7S. The lowest BCUT2D eigenvalue weighted by Crippen LogP contribution is -2.52. The number of sulfonamides is 1. The quantitative estimate of drug-likeness (QED) is 0.297. The summed E-state index contributed by atoms with van der Waals surface area (Å²) in [7, 11) is -4.24. The number of aryl methyl sites for hydroxylation is 1. The first-order valence-electron chi connectivity index (χ1n) is 13.3. The van der Waals surface area contributed by atoms with Gasteiger partial charge in [0.05, 0.1) is 29.1 Å². The number of esters is 2. The normalized spacial score (nSPS) is 20.6. The molecule has 3 aromatic rings. The van der Waals surface area contributed by atoms with E-state index in [4.69, 9.17) is 9.47 Å². The molecule has 0 aromatic heterocycles. The Bertz CT molecular complexity index is 1420. The molecule has 212 valence electrons. The second kappa shape index (κ2) is 11.9. The summed E-state index contributed by atoms with van der Waals surface area (Å²) in [5, 5.41) is 11.7. The first-order chi connectivity index (χ1) is 19.0. The Labute approximate surface area is 235 Å². The van der Waals surface area contributed by atoms with Crippen LogP contribution in [0.3, 0.4) is 0 Å². The van der Waals surface area contributed by atoms with Gasteiger partial charge in [-0.15, -0.1) is 0 Å². The maximum Gasteiger partial charge on any atom is 0.324 e. The Balaban J connectivity index is 1.80. The lowest BCUT2D eigenvalue weighted by Gasteiger charge is -2.35. The van der Waals surface area contributed by atoms with Crippen LogP contribution in [-0.4, -0.2) is 48.5 Å². The van der Waals surface area contributed by atoms with Crippen LogP contribution in [0.4, 0.5) is 0 Å². The van der Waals surface area contributed by atoms with Gasteiger partial charge in [0.1, 0.15) is 11.8 Å². The van der Waals surface area contributed by atoms with Gasteiger partial charge in [-0.2, -0.15) is 4.31 Å². The molecule has 1 saturated heterocycles. The van der Waals surface area contributed by atoms with E-state index in [0.717, 1.165) is 9.87 Å². The fraction of sp³-hybridized carbons (Fsp3) is 0.355. The number of benzene rings is 3. The molecule has 1 heterocycles. The standard InChI is InChI=1S/C31H35NO7S/c1-5-38-29(34)27-25(28(33)31(3,4)30(35)39-23-14-10-7-11-15-23)20-26(22-12-8-6-9-13-22)32(27)40(36,37)24-18-16-21(2)17-19-24/h6-19,25-28,33H,5,20H2,1-4H3/t25-,26+,27-,28+/m1/s1. The lowest BCUT2D eigenvalue weighted by atomic mass is 9.76. The summed E-state index contributed by atoms with van der Waals surface area (Å²) in [6.45, 7) is 6.56. The van der Waals surface area contributed by atoms with Crippen molar-refractivity contribution in [2.75, 3.05) is 6.61 Å². The number of nitrogens with zero attached hydrogens (tertiary/aromatic N) is 1. The average Bonchev–Trinajstić information content (AvgIpc) is 3.36. The molecule has 0 amide bonds. The van der Waals surface area contributed by atoms with Crippen LogP contribution in [0.1, 0.15) is 44.4 Å². The molecule has 0 spiro atoms. The van der Waals surface area contributed by atoms with Crippen molar-refractivity contribution in [2.24, 2.45) is 11.3 Å². The molecule has 40 heavy (non-hydrogen) atoms. The summed E-state index contributed by atoms with van der Waals surface area (Å²) in [6, 6.07) is 21.6. The van der Waals surface area contributed by atoms with E-state index in [1.165, 1.54) is 26.0 Å². The summed E-state index contributed by atoms with van der Waals surface area (Å²) in [6.07, 6.45) is -1.36. The van der Waals surface area contributed by atoms with Gasteiger partial charge in [-0.05, 0) is 63.9 Å². The van der Waals surface area contributed by atoms with Crippen molar-refractivity contribution in [3.8, 4) is 5.75 Å². The van der Waals surface area contributed by atoms with Gasteiger partial charge in [-0.25, -0.2) is 8.42 Å². The highest BCUT2D eigenvalue weighted by Gasteiger charge is 2.57. The maximum atomic E-state index is 14.2. The monoisotopic (exact) mass is 565 g/mol. The van der Waals surface area contributed by atoms with E-state index in [0.29, 0.717) is 11.3 Å². The van der Waals surface area contributed by atoms with Crippen LogP contribution >= 0.6 is 0 Å². The van der Waals surface area contributed by atoms with Gasteiger partial charge in [0, 0.05) is 5.92 Å². The van der Waals surface area contributed by atoms with Crippen LogP contribution in [0.5, 0.6) is 5.75 Å². The van der Waals surface area contributed by atoms with E-state index in [9.17, 15) is 23.1 Å². The summed E-state index contributed by atoms with van der Waals surface area (Å²) in [5.41, 5.74) is 0.0524. The molecule has 0 bridgehead atoms. The topological polar surface area (TPSA) is 110 Å². The highest BCUT2D eigenvalue weighted by molar-refractivity contribution is 7.89. The van der Waals surface area contributed by atoms with E-state index in [2.05, 4.69) is 0 Å². The number of aliphatic hydroxyl groups excluding tert-OH is 1. The number of hydrogen-bond acceptors (Lipinski definition) is 7. The molecule has 1 aliphatic heterocycles. The molecule has 8 nitrogen and oxygen atoms in total. The number of aliphatic hydroxyl groups is 1. The van der Waals surface area contributed by atoms with Crippen molar-refractivity contribution in [3.05, 3.63) is 96.1 Å². The Kier molecular flexibility index (Phi) is 8.77. The highest BCUT2D eigenvalue weighted by atomic mass is 32.2. The molecule has 0 aliphatic carbocycles. The van der Waals surface area contributed by atoms with Crippen LogP contribution in [0.25, 0.3) is 0 Å². The molecule has 4 rings (SSSR count). The number of carbonyl (C=O) groups excluding carboxylic acids is 2. The number of para-hydroxylation sites is 1. The molecule has 9 heteroatoms. The van der Waals surface area contributed by atoms with E-state index >= 15 is 0 Å². The van der Waals surface area contributed by atoms with Gasteiger partial charge in [-0.3, -0.25) is 9.59 Å². The number of hydrogen-bond donors (Lipinski definition) is 1. The van der Waals surface area contributed by atoms with Crippen LogP contribution < -0.4 is 4.74 Å². The molecule has 1 fully saturated rings. The minimum absolute atomic E-state index is 0.0196. The Hall–Kier alpha value is -3.53. The fourth-order valence-electron chi connectivity index (χ4n) is 5.17. The van der Waals surface area contributed by atoms with Crippen molar-refractivity contribution in [1.29, 1.82) is 0 Å². The smallest absolute Gasteiger partial charge is 0.324 e. The average molecular weight is 566 g/mol. The van der Waals surface area contributed by atoms with Crippen LogP contribution in [0, 0.1) is 18.3 Å². The minimum atomic E-state index is -4.24. The van der Waals surface area contributed by atoms with Gasteiger partial charge < -0.3 is 14.6 Å².